The monoisotopic (exact) mass is 379 g/mol. The molecule has 0 amide bonds. The van der Waals surface area contributed by atoms with Crippen molar-refractivity contribution in [1.82, 2.24) is 15.2 Å². The Labute approximate surface area is 162 Å². The Kier molecular flexibility index (Phi) is 6.01. The van der Waals surface area contributed by atoms with Gasteiger partial charge in [0.15, 0.2) is 11.5 Å². The van der Waals surface area contributed by atoms with E-state index in [1.807, 2.05) is 49.4 Å². The molecule has 1 heterocycles. The molecule has 0 atom stereocenters. The van der Waals surface area contributed by atoms with Crippen LogP contribution in [0.4, 0.5) is 5.95 Å². The van der Waals surface area contributed by atoms with Crippen LogP contribution in [0.15, 0.2) is 52.4 Å². The number of rotatable bonds is 7. The van der Waals surface area contributed by atoms with E-state index in [1.165, 1.54) is 5.56 Å². The summed E-state index contributed by atoms with van der Waals surface area (Å²) in [5.41, 5.74) is 5.69. The number of benzene rings is 2. The number of nitrogens with one attached hydrogen (secondary N) is 2. The van der Waals surface area contributed by atoms with Gasteiger partial charge in [-0.1, -0.05) is 24.3 Å². The topological polar surface area (TPSA) is 101 Å². The molecule has 0 radical (unpaired) electrons. The lowest BCUT2D eigenvalue weighted by molar-refractivity contribution is 0.284. The second-order valence-corrected chi connectivity index (χ2v) is 6.08. The highest BCUT2D eigenvalue weighted by atomic mass is 16.5. The number of aromatic nitrogens is 3. The smallest absolute Gasteiger partial charge is 0.274 e. The maximum absolute atomic E-state index is 11.5. The molecule has 0 saturated carbocycles. The number of aryl methyl sites for hydroxylation is 2. The van der Waals surface area contributed by atoms with Gasteiger partial charge in [-0.15, -0.1) is 10.2 Å². The number of hydrazone groups is 1. The van der Waals surface area contributed by atoms with Crippen LogP contribution in [0.3, 0.4) is 0 Å². The van der Waals surface area contributed by atoms with Crippen LogP contribution in [0.1, 0.15) is 22.4 Å². The van der Waals surface area contributed by atoms with Gasteiger partial charge in [0.25, 0.3) is 5.56 Å². The Bertz CT molecular complexity index is 1050. The Balaban J connectivity index is 1.67. The second-order valence-electron chi connectivity index (χ2n) is 6.08. The molecule has 3 aromatic rings. The van der Waals surface area contributed by atoms with Crippen molar-refractivity contribution in [2.24, 2.45) is 5.10 Å². The lowest BCUT2D eigenvalue weighted by Gasteiger charge is -2.12. The van der Waals surface area contributed by atoms with Gasteiger partial charge in [-0.2, -0.15) is 5.10 Å². The number of hydrogen-bond donors (Lipinski definition) is 2. The van der Waals surface area contributed by atoms with Gasteiger partial charge in [0.1, 0.15) is 12.3 Å². The minimum absolute atomic E-state index is 0.164. The third kappa shape index (κ3) is 4.73. The molecule has 0 aliphatic rings. The molecule has 0 bridgehead atoms. The quantitative estimate of drug-likeness (QED) is 0.483. The number of ether oxygens (including phenoxy) is 2. The summed E-state index contributed by atoms with van der Waals surface area (Å²) in [5, 5.41) is 11.6. The molecular formula is C20H21N5O3. The first-order valence-electron chi connectivity index (χ1n) is 8.65. The fourth-order valence-electron chi connectivity index (χ4n) is 2.42. The SMILES string of the molecule is COc1cc(C=NNc2nnc(C)c(=O)[nH]2)ccc1OCc1ccccc1C. The number of anilines is 1. The first-order chi connectivity index (χ1) is 13.6. The van der Waals surface area contributed by atoms with Gasteiger partial charge in [-0.25, -0.2) is 5.43 Å². The van der Waals surface area contributed by atoms with Crippen LogP contribution in [0.5, 0.6) is 11.5 Å². The largest absolute Gasteiger partial charge is 0.493 e. The van der Waals surface area contributed by atoms with Crippen molar-refractivity contribution in [3.05, 3.63) is 75.2 Å². The van der Waals surface area contributed by atoms with E-state index in [1.54, 1.807) is 20.2 Å². The summed E-state index contributed by atoms with van der Waals surface area (Å²) in [6.07, 6.45) is 1.58. The van der Waals surface area contributed by atoms with E-state index < -0.39 is 0 Å². The van der Waals surface area contributed by atoms with Gasteiger partial charge in [0.05, 0.1) is 13.3 Å². The van der Waals surface area contributed by atoms with Crippen LogP contribution in [0.25, 0.3) is 0 Å². The summed E-state index contributed by atoms with van der Waals surface area (Å²) in [7, 11) is 1.59. The number of H-pyrrole nitrogens is 1. The van der Waals surface area contributed by atoms with Crippen LogP contribution in [0, 0.1) is 13.8 Å². The Morgan fingerprint density at radius 2 is 1.96 bits per heavy atom. The molecule has 2 aromatic carbocycles. The Morgan fingerprint density at radius 1 is 1.14 bits per heavy atom. The molecule has 0 saturated heterocycles. The molecule has 2 N–H and O–H groups in total. The van der Waals surface area contributed by atoms with E-state index in [0.717, 1.165) is 11.1 Å². The second kappa shape index (κ2) is 8.81. The van der Waals surface area contributed by atoms with Crippen molar-refractivity contribution < 1.29 is 9.47 Å². The van der Waals surface area contributed by atoms with Gasteiger partial charge >= 0.3 is 0 Å². The maximum Gasteiger partial charge on any atom is 0.274 e. The van der Waals surface area contributed by atoms with E-state index in [2.05, 4.69) is 25.7 Å². The van der Waals surface area contributed by atoms with Crippen molar-refractivity contribution in [3.63, 3.8) is 0 Å². The summed E-state index contributed by atoms with van der Waals surface area (Å²) in [4.78, 5) is 14.0. The molecule has 0 fully saturated rings. The molecule has 28 heavy (non-hydrogen) atoms. The van der Waals surface area contributed by atoms with Crippen LogP contribution >= 0.6 is 0 Å². The Morgan fingerprint density at radius 3 is 2.71 bits per heavy atom. The van der Waals surface area contributed by atoms with E-state index >= 15 is 0 Å². The number of methoxy groups -OCH3 is 1. The normalized spacial score (nSPS) is 10.8. The summed E-state index contributed by atoms with van der Waals surface area (Å²) < 4.78 is 11.3. The lowest BCUT2D eigenvalue weighted by Crippen LogP contribution is -2.15. The average Bonchev–Trinajstić information content (AvgIpc) is 2.70. The van der Waals surface area contributed by atoms with Gasteiger partial charge < -0.3 is 9.47 Å². The average molecular weight is 379 g/mol. The summed E-state index contributed by atoms with van der Waals surface area (Å²) >= 11 is 0. The van der Waals surface area contributed by atoms with Gasteiger partial charge in [-0.05, 0) is 48.7 Å². The fraction of sp³-hybridized carbons (Fsp3) is 0.200. The van der Waals surface area contributed by atoms with Crippen molar-refractivity contribution in [1.29, 1.82) is 0 Å². The first-order valence-corrected chi connectivity index (χ1v) is 8.65. The molecule has 3 rings (SSSR count). The van der Waals surface area contributed by atoms with Crippen LogP contribution in [-0.4, -0.2) is 28.5 Å². The van der Waals surface area contributed by atoms with E-state index in [4.69, 9.17) is 9.47 Å². The first kappa shape index (κ1) is 19.1. The highest BCUT2D eigenvalue weighted by molar-refractivity contribution is 5.81. The van der Waals surface area contributed by atoms with Crippen LogP contribution in [0.2, 0.25) is 0 Å². The zero-order valence-electron chi connectivity index (χ0n) is 15.9. The van der Waals surface area contributed by atoms with Crippen molar-refractivity contribution in [2.45, 2.75) is 20.5 Å². The van der Waals surface area contributed by atoms with Crippen molar-refractivity contribution in [2.75, 3.05) is 12.5 Å². The number of nitrogens with zero attached hydrogens (tertiary/aromatic N) is 3. The Hall–Kier alpha value is -3.68. The molecular weight excluding hydrogens is 358 g/mol. The standard InChI is InChI=1S/C20H21N5O3/c1-13-6-4-5-7-16(13)12-28-17-9-8-15(10-18(17)27-3)11-21-24-20-22-19(26)14(2)23-25-20/h4-11H,12H2,1-3H3,(H2,22,24,25,26). The molecule has 8 heteroatoms. The zero-order valence-corrected chi connectivity index (χ0v) is 15.9. The maximum atomic E-state index is 11.5. The third-order valence-electron chi connectivity index (χ3n) is 4.08. The highest BCUT2D eigenvalue weighted by Crippen LogP contribution is 2.28. The predicted octanol–water partition coefficient (Wildman–Crippen LogP) is 2.82. The van der Waals surface area contributed by atoms with E-state index in [0.29, 0.717) is 23.8 Å². The molecule has 0 spiro atoms. The summed E-state index contributed by atoms with van der Waals surface area (Å²) in [6, 6.07) is 13.6. The summed E-state index contributed by atoms with van der Waals surface area (Å²) in [6.45, 7) is 4.08. The molecule has 0 aliphatic heterocycles. The summed E-state index contributed by atoms with van der Waals surface area (Å²) in [5.74, 6) is 1.41. The number of aromatic amines is 1. The molecule has 8 nitrogen and oxygen atoms in total. The van der Waals surface area contributed by atoms with Crippen molar-refractivity contribution >= 4 is 12.2 Å². The van der Waals surface area contributed by atoms with Gasteiger partial charge in [0, 0.05) is 0 Å². The van der Waals surface area contributed by atoms with Crippen LogP contribution < -0.4 is 20.5 Å². The number of hydrogen-bond acceptors (Lipinski definition) is 7. The molecule has 0 aliphatic carbocycles. The molecule has 0 unspecified atom stereocenters. The third-order valence-corrected chi connectivity index (χ3v) is 4.08. The van der Waals surface area contributed by atoms with E-state index in [-0.39, 0.29) is 11.5 Å². The van der Waals surface area contributed by atoms with Gasteiger partial charge in [-0.3, -0.25) is 9.78 Å². The molecule has 144 valence electrons. The van der Waals surface area contributed by atoms with Gasteiger partial charge in [0.2, 0.25) is 5.95 Å². The minimum atomic E-state index is -0.315. The van der Waals surface area contributed by atoms with Crippen LogP contribution in [-0.2, 0) is 6.61 Å². The predicted molar refractivity (Wildman–Crippen MR) is 107 cm³/mol. The molecule has 1 aromatic heterocycles. The van der Waals surface area contributed by atoms with E-state index in [9.17, 15) is 4.79 Å². The highest BCUT2D eigenvalue weighted by Gasteiger charge is 2.07. The minimum Gasteiger partial charge on any atom is -0.493 e. The zero-order chi connectivity index (χ0) is 19.9. The fourth-order valence-corrected chi connectivity index (χ4v) is 2.42. The van der Waals surface area contributed by atoms with Crippen molar-refractivity contribution in [3.8, 4) is 11.5 Å². The lowest BCUT2D eigenvalue weighted by atomic mass is 10.1.